The first-order valence-corrected chi connectivity index (χ1v) is 15.4. The van der Waals surface area contributed by atoms with Gasteiger partial charge in [0, 0.05) is 38.2 Å². The van der Waals surface area contributed by atoms with Crippen LogP contribution in [-0.4, -0.2) is 47.6 Å². The van der Waals surface area contributed by atoms with E-state index in [0.29, 0.717) is 32.4 Å². The Morgan fingerprint density at radius 2 is 1.52 bits per heavy atom. The maximum absolute atomic E-state index is 13.8. The van der Waals surface area contributed by atoms with Crippen molar-refractivity contribution in [1.82, 2.24) is 9.21 Å². The molecule has 0 radical (unpaired) electrons. The Hall–Kier alpha value is -3.27. The molecule has 40 heavy (non-hydrogen) atoms. The number of benzene rings is 3. The zero-order chi connectivity index (χ0) is 28.5. The van der Waals surface area contributed by atoms with Crippen LogP contribution in [0.4, 0.5) is 5.69 Å². The predicted molar refractivity (Wildman–Crippen MR) is 155 cm³/mol. The summed E-state index contributed by atoms with van der Waals surface area (Å²) in [6.07, 6.45) is 4.87. The number of carbonyl (C=O) groups is 1. The molecule has 0 bridgehead atoms. The summed E-state index contributed by atoms with van der Waals surface area (Å²) in [4.78, 5) is 25.9. The van der Waals surface area contributed by atoms with Gasteiger partial charge in [0.1, 0.15) is 5.02 Å². The van der Waals surface area contributed by atoms with Crippen molar-refractivity contribution >= 4 is 33.2 Å². The van der Waals surface area contributed by atoms with E-state index in [1.807, 2.05) is 60.7 Å². The fourth-order valence-electron chi connectivity index (χ4n) is 5.16. The van der Waals surface area contributed by atoms with Crippen molar-refractivity contribution in [3.05, 3.63) is 105 Å². The highest BCUT2D eigenvalue weighted by molar-refractivity contribution is 7.89. The van der Waals surface area contributed by atoms with Crippen LogP contribution in [0.25, 0.3) is 0 Å². The fourth-order valence-corrected chi connectivity index (χ4v) is 7.06. The standard InChI is InChI=1S/C30H34ClN3O5S/c31-28-17-16-27(22-29(28)34(36)37)40(38,39)33(26-14-8-3-9-15-26)21-19-30(35)32(23-25-12-6-2-7-13-25)20-18-24-10-4-1-5-11-24/h1-2,4-7,10-13,16-17,22,26H,3,8-9,14-15,18-21,23H2. The van der Waals surface area contributed by atoms with Gasteiger partial charge in [-0.2, -0.15) is 4.31 Å². The second-order valence-electron chi connectivity index (χ2n) is 10.1. The van der Waals surface area contributed by atoms with Crippen LogP contribution in [0.2, 0.25) is 5.02 Å². The van der Waals surface area contributed by atoms with Crippen molar-refractivity contribution < 1.29 is 18.1 Å². The lowest BCUT2D eigenvalue weighted by Gasteiger charge is -2.34. The number of hydrogen-bond donors (Lipinski definition) is 0. The number of nitro groups is 1. The minimum atomic E-state index is -4.11. The van der Waals surface area contributed by atoms with E-state index in [0.717, 1.165) is 36.5 Å². The molecule has 0 unspecified atom stereocenters. The van der Waals surface area contributed by atoms with Crippen molar-refractivity contribution in [2.45, 2.75) is 62.4 Å². The quantitative estimate of drug-likeness (QED) is 0.186. The number of nitro benzene ring substituents is 1. The number of carbonyl (C=O) groups excluding carboxylic acids is 1. The van der Waals surface area contributed by atoms with Crippen LogP contribution in [0.1, 0.15) is 49.7 Å². The molecular formula is C30H34ClN3O5S. The van der Waals surface area contributed by atoms with Gasteiger partial charge in [0.15, 0.2) is 0 Å². The minimum absolute atomic E-state index is 0.00111. The number of halogens is 1. The zero-order valence-corrected chi connectivity index (χ0v) is 23.9. The molecule has 3 aromatic carbocycles. The first-order chi connectivity index (χ1) is 19.3. The van der Waals surface area contributed by atoms with Gasteiger partial charge in [-0.25, -0.2) is 8.42 Å². The van der Waals surface area contributed by atoms with Crippen molar-refractivity contribution in [2.75, 3.05) is 13.1 Å². The van der Waals surface area contributed by atoms with Gasteiger partial charge in [0.05, 0.1) is 9.82 Å². The summed E-state index contributed by atoms with van der Waals surface area (Å²) in [5.41, 5.74) is 1.65. The Morgan fingerprint density at radius 1 is 0.900 bits per heavy atom. The summed E-state index contributed by atoms with van der Waals surface area (Å²) < 4.78 is 29.1. The van der Waals surface area contributed by atoms with Gasteiger partial charge in [0.25, 0.3) is 5.69 Å². The molecule has 1 aliphatic carbocycles. The molecule has 212 valence electrons. The minimum Gasteiger partial charge on any atom is -0.338 e. The van der Waals surface area contributed by atoms with E-state index in [2.05, 4.69) is 0 Å². The lowest BCUT2D eigenvalue weighted by Crippen LogP contribution is -2.44. The number of hydrogen-bond acceptors (Lipinski definition) is 5. The van der Waals surface area contributed by atoms with Crippen LogP contribution in [0, 0.1) is 10.1 Å². The highest BCUT2D eigenvalue weighted by Crippen LogP contribution is 2.32. The fraction of sp³-hybridized carbons (Fsp3) is 0.367. The van der Waals surface area contributed by atoms with Crippen LogP contribution >= 0.6 is 11.6 Å². The van der Waals surface area contributed by atoms with Gasteiger partial charge in [-0.3, -0.25) is 14.9 Å². The second kappa shape index (κ2) is 13.9. The first-order valence-electron chi connectivity index (χ1n) is 13.6. The summed E-state index contributed by atoms with van der Waals surface area (Å²) >= 11 is 5.95. The number of nitrogens with zero attached hydrogens (tertiary/aromatic N) is 3. The van der Waals surface area contributed by atoms with Crippen LogP contribution in [-0.2, 0) is 27.8 Å². The van der Waals surface area contributed by atoms with Crippen LogP contribution in [0.5, 0.6) is 0 Å². The summed E-state index contributed by atoms with van der Waals surface area (Å²) in [5, 5.41) is 11.3. The van der Waals surface area contributed by atoms with Gasteiger partial charge >= 0.3 is 0 Å². The molecule has 0 saturated heterocycles. The normalized spacial score (nSPS) is 14.2. The molecule has 0 spiro atoms. The third kappa shape index (κ3) is 7.68. The van der Waals surface area contributed by atoms with E-state index in [4.69, 9.17) is 11.6 Å². The van der Waals surface area contributed by atoms with E-state index in [1.54, 1.807) is 4.90 Å². The van der Waals surface area contributed by atoms with E-state index >= 15 is 0 Å². The largest absolute Gasteiger partial charge is 0.338 e. The Kier molecular flexibility index (Phi) is 10.3. The van der Waals surface area contributed by atoms with Crippen molar-refractivity contribution in [1.29, 1.82) is 0 Å². The van der Waals surface area contributed by atoms with E-state index in [1.165, 1.54) is 16.4 Å². The van der Waals surface area contributed by atoms with Gasteiger partial charge in [-0.05, 0) is 42.5 Å². The maximum atomic E-state index is 13.8. The van der Waals surface area contributed by atoms with Crippen molar-refractivity contribution in [2.24, 2.45) is 0 Å². The molecule has 0 heterocycles. The lowest BCUT2D eigenvalue weighted by atomic mass is 9.95. The Bertz CT molecular complexity index is 1400. The highest BCUT2D eigenvalue weighted by atomic mass is 35.5. The first kappa shape index (κ1) is 29.7. The average molecular weight is 584 g/mol. The number of sulfonamides is 1. The van der Waals surface area contributed by atoms with E-state index < -0.39 is 20.6 Å². The molecule has 1 saturated carbocycles. The second-order valence-corrected chi connectivity index (χ2v) is 12.4. The van der Waals surface area contributed by atoms with Gasteiger partial charge < -0.3 is 4.90 Å². The summed E-state index contributed by atoms with van der Waals surface area (Å²) in [6, 6.07) is 22.9. The van der Waals surface area contributed by atoms with E-state index in [9.17, 15) is 23.3 Å². The molecule has 0 aromatic heterocycles. The molecule has 1 amide bonds. The molecule has 0 N–H and O–H groups in total. The SMILES string of the molecule is O=C(CCN(C1CCCCC1)S(=O)(=O)c1ccc(Cl)c([N+](=O)[O-])c1)N(CCc1ccccc1)Cc1ccccc1. The summed E-state index contributed by atoms with van der Waals surface area (Å²) in [5.74, 6) is -0.141. The molecule has 8 nitrogen and oxygen atoms in total. The number of rotatable bonds is 12. The maximum Gasteiger partial charge on any atom is 0.289 e. The Labute approximate surface area is 240 Å². The van der Waals surface area contributed by atoms with Crippen LogP contribution in [0.15, 0.2) is 83.8 Å². The molecule has 0 aliphatic heterocycles. The van der Waals surface area contributed by atoms with Crippen molar-refractivity contribution in [3.63, 3.8) is 0 Å². The zero-order valence-electron chi connectivity index (χ0n) is 22.3. The highest BCUT2D eigenvalue weighted by Gasteiger charge is 2.34. The molecule has 10 heteroatoms. The molecule has 0 atom stereocenters. The summed E-state index contributed by atoms with van der Waals surface area (Å²) in [6.45, 7) is 0.919. The average Bonchev–Trinajstić information content (AvgIpc) is 2.96. The topological polar surface area (TPSA) is 101 Å². The van der Waals surface area contributed by atoms with Gasteiger partial charge in [-0.1, -0.05) is 91.5 Å². The van der Waals surface area contributed by atoms with Gasteiger partial charge in [-0.15, -0.1) is 0 Å². The lowest BCUT2D eigenvalue weighted by molar-refractivity contribution is -0.384. The molecule has 1 aliphatic rings. The smallest absolute Gasteiger partial charge is 0.289 e. The van der Waals surface area contributed by atoms with Crippen LogP contribution in [0.3, 0.4) is 0 Å². The van der Waals surface area contributed by atoms with Gasteiger partial charge in [0.2, 0.25) is 15.9 Å². The van der Waals surface area contributed by atoms with Crippen LogP contribution < -0.4 is 0 Å². The van der Waals surface area contributed by atoms with E-state index in [-0.39, 0.29) is 34.8 Å². The Morgan fingerprint density at radius 3 is 2.15 bits per heavy atom. The molecule has 4 rings (SSSR count). The molecular weight excluding hydrogens is 550 g/mol. The third-order valence-corrected chi connectivity index (χ3v) is 9.60. The molecule has 1 fully saturated rings. The Balaban J connectivity index is 1.56. The summed E-state index contributed by atoms with van der Waals surface area (Å²) in [7, 11) is -4.11. The third-order valence-electron chi connectivity index (χ3n) is 7.33. The monoisotopic (exact) mass is 583 g/mol. The van der Waals surface area contributed by atoms with Crippen molar-refractivity contribution in [3.8, 4) is 0 Å². The number of amides is 1. The molecule has 3 aromatic rings. The predicted octanol–water partition coefficient (Wildman–Crippen LogP) is 6.23.